The van der Waals surface area contributed by atoms with Crippen LogP contribution in [-0.4, -0.2) is 29.6 Å². The fourth-order valence-corrected chi connectivity index (χ4v) is 5.43. The quantitative estimate of drug-likeness (QED) is 0.483. The molecule has 1 saturated carbocycles. The van der Waals surface area contributed by atoms with Crippen molar-refractivity contribution in [2.45, 2.75) is 19.8 Å². The molecule has 4 rings (SSSR count). The standard InChI is InChI=1S/C23H22FNO5S/c1-2-9-30-23(29)19-16(12-5-7-15(24)8-6-12)11-31-21(19)25-20(26)17-13-3-4-14(10-13)18(17)22(27)28/h3-8,11,13-14,17-18H,2,9-10H2,1H3,(H,25,26)(H,27,28)/t13-,14+,17-,18+/m1/s1. The minimum atomic E-state index is -0.988. The second-order valence-corrected chi connectivity index (χ2v) is 8.70. The van der Waals surface area contributed by atoms with Crippen LogP contribution >= 0.6 is 11.3 Å². The number of fused-ring (bicyclic) bond motifs is 2. The molecule has 2 aliphatic carbocycles. The Balaban J connectivity index is 1.65. The Morgan fingerprint density at radius 3 is 2.48 bits per heavy atom. The van der Waals surface area contributed by atoms with Gasteiger partial charge in [0.1, 0.15) is 16.4 Å². The average Bonchev–Trinajstić information content (AvgIpc) is 3.47. The monoisotopic (exact) mass is 443 g/mol. The molecule has 1 amide bonds. The van der Waals surface area contributed by atoms with Crippen molar-refractivity contribution >= 4 is 34.2 Å². The van der Waals surface area contributed by atoms with Gasteiger partial charge in [-0.1, -0.05) is 31.2 Å². The first-order chi connectivity index (χ1) is 14.9. The number of carboxylic acid groups (broad SMARTS) is 1. The molecule has 2 aliphatic rings. The third-order valence-electron chi connectivity index (χ3n) is 5.87. The van der Waals surface area contributed by atoms with Gasteiger partial charge in [0.25, 0.3) is 0 Å². The predicted molar refractivity (Wildman–Crippen MR) is 114 cm³/mol. The number of rotatable bonds is 7. The first-order valence-electron chi connectivity index (χ1n) is 10.2. The molecule has 0 unspecified atom stereocenters. The number of carboxylic acids is 1. The van der Waals surface area contributed by atoms with Crippen LogP contribution in [-0.2, 0) is 14.3 Å². The van der Waals surface area contributed by atoms with Gasteiger partial charge in [0, 0.05) is 10.9 Å². The van der Waals surface area contributed by atoms with Gasteiger partial charge in [0.15, 0.2) is 0 Å². The normalized spacial score (nSPS) is 23.7. The molecule has 0 aliphatic heterocycles. The van der Waals surface area contributed by atoms with Gasteiger partial charge < -0.3 is 15.2 Å². The molecule has 1 aromatic heterocycles. The molecule has 4 atom stereocenters. The SMILES string of the molecule is CCCOC(=O)c1c(-c2ccc(F)cc2)csc1NC(=O)[C@H]1[C@@H](C(=O)O)[C@H]2C=C[C@@H]1C2. The lowest BCUT2D eigenvalue weighted by atomic mass is 9.82. The van der Waals surface area contributed by atoms with Gasteiger partial charge in [-0.25, -0.2) is 9.18 Å². The highest BCUT2D eigenvalue weighted by molar-refractivity contribution is 7.15. The number of anilines is 1. The summed E-state index contributed by atoms with van der Waals surface area (Å²) in [6, 6.07) is 5.71. The molecule has 1 fully saturated rings. The zero-order valence-electron chi connectivity index (χ0n) is 16.8. The number of carbonyl (C=O) groups is 3. The third kappa shape index (κ3) is 3.99. The molecule has 2 aromatic rings. The van der Waals surface area contributed by atoms with Crippen molar-refractivity contribution in [3.8, 4) is 11.1 Å². The number of amides is 1. The summed E-state index contributed by atoms with van der Waals surface area (Å²) in [5.41, 5.74) is 1.35. The molecule has 0 radical (unpaired) electrons. The number of halogens is 1. The van der Waals surface area contributed by atoms with E-state index in [-0.39, 0.29) is 24.0 Å². The Morgan fingerprint density at radius 1 is 1.16 bits per heavy atom. The van der Waals surface area contributed by atoms with E-state index in [1.165, 1.54) is 12.1 Å². The predicted octanol–water partition coefficient (Wildman–Crippen LogP) is 4.58. The van der Waals surface area contributed by atoms with Gasteiger partial charge in [0.05, 0.1) is 18.4 Å². The molecule has 2 N–H and O–H groups in total. The van der Waals surface area contributed by atoms with E-state index in [2.05, 4.69) is 5.32 Å². The van der Waals surface area contributed by atoms with E-state index in [0.29, 0.717) is 29.0 Å². The molecule has 1 aromatic carbocycles. The topological polar surface area (TPSA) is 92.7 Å². The van der Waals surface area contributed by atoms with Gasteiger partial charge in [0.2, 0.25) is 5.91 Å². The number of hydrogen-bond donors (Lipinski definition) is 2. The smallest absolute Gasteiger partial charge is 0.341 e. The Labute approximate surface area is 182 Å². The molecule has 1 heterocycles. The van der Waals surface area contributed by atoms with Gasteiger partial charge in [-0.05, 0) is 42.4 Å². The van der Waals surface area contributed by atoms with Gasteiger partial charge in [-0.2, -0.15) is 0 Å². The lowest BCUT2D eigenvalue weighted by molar-refractivity contribution is -0.146. The number of ether oxygens (including phenoxy) is 1. The highest BCUT2D eigenvalue weighted by Crippen LogP contribution is 2.49. The molecule has 0 spiro atoms. The van der Waals surface area contributed by atoms with Crippen LogP contribution in [0.25, 0.3) is 11.1 Å². The molecule has 0 saturated heterocycles. The van der Waals surface area contributed by atoms with Crippen LogP contribution in [0.2, 0.25) is 0 Å². The second kappa shape index (κ2) is 8.63. The number of nitrogens with one attached hydrogen (secondary N) is 1. The van der Waals surface area contributed by atoms with E-state index in [9.17, 15) is 23.9 Å². The number of hydrogen-bond acceptors (Lipinski definition) is 5. The van der Waals surface area contributed by atoms with Crippen LogP contribution < -0.4 is 5.32 Å². The van der Waals surface area contributed by atoms with Crippen molar-refractivity contribution in [3.05, 3.63) is 53.2 Å². The van der Waals surface area contributed by atoms with Crippen LogP contribution in [0.1, 0.15) is 30.1 Å². The summed E-state index contributed by atoms with van der Waals surface area (Å²) < 4.78 is 18.7. The summed E-state index contributed by atoms with van der Waals surface area (Å²) in [7, 11) is 0. The van der Waals surface area contributed by atoms with Crippen molar-refractivity contribution in [2.75, 3.05) is 11.9 Å². The fourth-order valence-electron chi connectivity index (χ4n) is 4.47. The maximum Gasteiger partial charge on any atom is 0.341 e. The summed E-state index contributed by atoms with van der Waals surface area (Å²) in [5.74, 6) is -4.13. The lowest BCUT2D eigenvalue weighted by Gasteiger charge is -2.23. The largest absolute Gasteiger partial charge is 0.481 e. The Morgan fingerprint density at radius 2 is 1.84 bits per heavy atom. The van der Waals surface area contributed by atoms with Crippen molar-refractivity contribution in [1.29, 1.82) is 0 Å². The summed E-state index contributed by atoms with van der Waals surface area (Å²) in [6.45, 7) is 2.10. The van der Waals surface area contributed by atoms with Crippen LogP contribution in [0.4, 0.5) is 9.39 Å². The van der Waals surface area contributed by atoms with E-state index < -0.39 is 35.5 Å². The molecule has 162 valence electrons. The number of allylic oxidation sites excluding steroid dienone is 2. The molecule has 8 heteroatoms. The van der Waals surface area contributed by atoms with Crippen molar-refractivity contribution in [2.24, 2.45) is 23.7 Å². The number of carbonyl (C=O) groups excluding carboxylic acids is 2. The summed E-state index contributed by atoms with van der Waals surface area (Å²) in [4.78, 5) is 37.7. The van der Waals surface area contributed by atoms with E-state index >= 15 is 0 Å². The first kappa shape index (κ1) is 21.2. The van der Waals surface area contributed by atoms with Crippen molar-refractivity contribution in [1.82, 2.24) is 0 Å². The van der Waals surface area contributed by atoms with E-state index in [1.54, 1.807) is 17.5 Å². The van der Waals surface area contributed by atoms with E-state index in [4.69, 9.17) is 4.74 Å². The number of aliphatic carboxylic acids is 1. The third-order valence-corrected chi connectivity index (χ3v) is 6.77. The highest BCUT2D eigenvalue weighted by atomic mass is 32.1. The minimum Gasteiger partial charge on any atom is -0.481 e. The molecule has 6 nitrogen and oxygen atoms in total. The maximum absolute atomic E-state index is 13.4. The average molecular weight is 443 g/mol. The van der Waals surface area contributed by atoms with Crippen molar-refractivity contribution in [3.63, 3.8) is 0 Å². The fraction of sp³-hybridized carbons (Fsp3) is 0.348. The Hall–Kier alpha value is -3.00. The number of benzene rings is 1. The van der Waals surface area contributed by atoms with Crippen molar-refractivity contribution < 1.29 is 28.6 Å². The maximum atomic E-state index is 13.4. The number of esters is 1. The molecule has 2 bridgehead atoms. The highest BCUT2D eigenvalue weighted by Gasteiger charge is 2.51. The summed E-state index contributed by atoms with van der Waals surface area (Å²) in [5, 5.41) is 14.4. The summed E-state index contributed by atoms with van der Waals surface area (Å²) >= 11 is 1.16. The molecule has 31 heavy (non-hydrogen) atoms. The zero-order chi connectivity index (χ0) is 22.1. The number of thiophene rings is 1. The molecular weight excluding hydrogens is 421 g/mol. The Kier molecular flexibility index (Phi) is 5.91. The van der Waals surface area contributed by atoms with E-state index in [0.717, 1.165) is 11.3 Å². The van der Waals surface area contributed by atoms with Gasteiger partial charge >= 0.3 is 11.9 Å². The summed E-state index contributed by atoms with van der Waals surface area (Å²) in [6.07, 6.45) is 5.06. The van der Waals surface area contributed by atoms with E-state index in [1.807, 2.05) is 19.1 Å². The van der Waals surface area contributed by atoms with Gasteiger partial charge in [-0.15, -0.1) is 11.3 Å². The molecular formula is C23H22FNO5S. The minimum absolute atomic E-state index is 0.127. The van der Waals surface area contributed by atoms with Crippen LogP contribution in [0, 0.1) is 29.5 Å². The Bertz CT molecular complexity index is 1040. The second-order valence-electron chi connectivity index (χ2n) is 7.82. The van der Waals surface area contributed by atoms with Gasteiger partial charge in [-0.3, -0.25) is 9.59 Å². The van der Waals surface area contributed by atoms with Crippen LogP contribution in [0.3, 0.4) is 0 Å². The zero-order valence-corrected chi connectivity index (χ0v) is 17.7. The van der Waals surface area contributed by atoms with Crippen LogP contribution in [0.5, 0.6) is 0 Å². The lowest BCUT2D eigenvalue weighted by Crippen LogP contribution is -2.36. The van der Waals surface area contributed by atoms with Crippen LogP contribution in [0.15, 0.2) is 41.8 Å². The first-order valence-corrected chi connectivity index (χ1v) is 11.0.